The lowest BCUT2D eigenvalue weighted by molar-refractivity contribution is 0.413. The molecule has 0 spiro atoms. The second-order valence-corrected chi connectivity index (χ2v) is 7.53. The fraction of sp³-hybridized carbons (Fsp3) is 0.312. The van der Waals surface area contributed by atoms with E-state index >= 15 is 0 Å². The molecule has 0 saturated heterocycles. The van der Waals surface area contributed by atoms with Gasteiger partial charge in [-0.05, 0) is 35.7 Å². The molecule has 0 radical (unpaired) electrons. The van der Waals surface area contributed by atoms with Crippen molar-refractivity contribution in [2.24, 2.45) is 5.92 Å². The molecule has 1 heterocycles. The predicted molar refractivity (Wildman–Crippen MR) is 90.1 cm³/mol. The maximum Gasteiger partial charge on any atom is 0.242 e. The molecular weight excluding hydrogens is 336 g/mol. The van der Waals surface area contributed by atoms with Gasteiger partial charge in [0.15, 0.2) is 0 Å². The Hall–Kier alpha value is -1.63. The second-order valence-electron chi connectivity index (χ2n) is 5.43. The Morgan fingerprint density at radius 2 is 1.78 bits per heavy atom. The zero-order valence-corrected chi connectivity index (χ0v) is 14.7. The number of pyridine rings is 1. The largest absolute Gasteiger partial charge is 0.497 e. The van der Waals surface area contributed by atoms with Crippen LogP contribution in [0.2, 0.25) is 5.15 Å². The van der Waals surface area contributed by atoms with Gasteiger partial charge < -0.3 is 4.74 Å². The molecule has 1 atom stereocenters. The van der Waals surface area contributed by atoms with Crippen LogP contribution in [0.3, 0.4) is 0 Å². The average Bonchev–Trinajstić information content (AvgIpc) is 2.53. The normalized spacial score (nSPS) is 13.1. The third-order valence-corrected chi connectivity index (χ3v) is 5.08. The van der Waals surface area contributed by atoms with E-state index in [1.165, 1.54) is 18.3 Å². The number of hydrogen-bond acceptors (Lipinski definition) is 4. The predicted octanol–water partition coefficient (Wildman–Crippen LogP) is 3.42. The Balaban J connectivity index is 2.29. The van der Waals surface area contributed by atoms with Gasteiger partial charge in [0.25, 0.3) is 0 Å². The second kappa shape index (κ2) is 7.29. The van der Waals surface area contributed by atoms with E-state index in [0.29, 0.717) is 0 Å². The van der Waals surface area contributed by atoms with Gasteiger partial charge in [-0.1, -0.05) is 37.6 Å². The molecule has 0 amide bonds. The van der Waals surface area contributed by atoms with Crippen molar-refractivity contribution in [3.63, 3.8) is 0 Å². The number of hydrogen-bond donors (Lipinski definition) is 1. The molecule has 2 aromatic rings. The van der Waals surface area contributed by atoms with E-state index in [0.717, 1.165) is 11.3 Å². The monoisotopic (exact) mass is 354 g/mol. The van der Waals surface area contributed by atoms with Gasteiger partial charge in [0.1, 0.15) is 15.8 Å². The van der Waals surface area contributed by atoms with Gasteiger partial charge in [-0.25, -0.2) is 18.1 Å². The number of nitrogens with one attached hydrogen (secondary N) is 1. The van der Waals surface area contributed by atoms with E-state index in [-0.39, 0.29) is 22.0 Å². The topological polar surface area (TPSA) is 68.3 Å². The summed E-state index contributed by atoms with van der Waals surface area (Å²) in [5.74, 6) is 0.791. The van der Waals surface area contributed by atoms with Crippen molar-refractivity contribution in [3.05, 3.63) is 53.3 Å². The number of ether oxygens (including phenoxy) is 1. The molecular formula is C16H19ClN2O3S. The molecule has 1 aromatic carbocycles. The van der Waals surface area contributed by atoms with E-state index in [1.807, 2.05) is 38.1 Å². The van der Waals surface area contributed by atoms with Crippen molar-refractivity contribution in [1.82, 2.24) is 9.71 Å². The average molecular weight is 355 g/mol. The van der Waals surface area contributed by atoms with E-state index in [9.17, 15) is 8.42 Å². The van der Waals surface area contributed by atoms with Gasteiger partial charge in [-0.3, -0.25) is 0 Å². The van der Waals surface area contributed by atoms with Crippen LogP contribution in [0.15, 0.2) is 47.5 Å². The van der Waals surface area contributed by atoms with Crippen molar-refractivity contribution in [2.75, 3.05) is 7.11 Å². The zero-order chi connectivity index (χ0) is 17.0. The number of halogens is 1. The fourth-order valence-electron chi connectivity index (χ4n) is 2.16. The first kappa shape index (κ1) is 17.7. The third kappa shape index (κ3) is 4.43. The van der Waals surface area contributed by atoms with Gasteiger partial charge in [0, 0.05) is 12.2 Å². The smallest absolute Gasteiger partial charge is 0.242 e. The molecule has 0 aliphatic heterocycles. The zero-order valence-electron chi connectivity index (χ0n) is 13.2. The highest BCUT2D eigenvalue weighted by Crippen LogP contribution is 2.26. The first-order valence-electron chi connectivity index (χ1n) is 7.11. The van der Waals surface area contributed by atoms with Crippen LogP contribution in [0.1, 0.15) is 25.5 Å². The van der Waals surface area contributed by atoms with E-state index in [2.05, 4.69) is 9.71 Å². The van der Waals surface area contributed by atoms with Crippen LogP contribution >= 0.6 is 11.6 Å². The molecule has 7 heteroatoms. The van der Waals surface area contributed by atoms with Gasteiger partial charge in [-0.15, -0.1) is 0 Å². The van der Waals surface area contributed by atoms with E-state index < -0.39 is 10.0 Å². The summed E-state index contributed by atoms with van der Waals surface area (Å²) < 4.78 is 32.9. The van der Waals surface area contributed by atoms with Crippen molar-refractivity contribution in [2.45, 2.75) is 24.8 Å². The molecule has 0 bridgehead atoms. The van der Waals surface area contributed by atoms with Crippen molar-refractivity contribution >= 4 is 21.6 Å². The third-order valence-electron chi connectivity index (χ3n) is 3.43. The summed E-state index contributed by atoms with van der Waals surface area (Å²) in [7, 11) is -2.10. The number of sulfonamides is 1. The highest BCUT2D eigenvalue weighted by molar-refractivity contribution is 7.89. The SMILES string of the molecule is COc1ccc(C(NS(=O)(=O)c2ccc(Cl)nc2)C(C)C)cc1. The molecule has 1 unspecified atom stereocenters. The molecule has 0 aliphatic rings. The van der Waals surface area contributed by atoms with Gasteiger partial charge in [-0.2, -0.15) is 0 Å². The molecule has 5 nitrogen and oxygen atoms in total. The van der Waals surface area contributed by atoms with Crippen LogP contribution in [0.5, 0.6) is 5.75 Å². The minimum absolute atomic E-state index is 0.0680. The highest BCUT2D eigenvalue weighted by atomic mass is 35.5. The number of nitrogens with zero attached hydrogens (tertiary/aromatic N) is 1. The Labute approximate surface area is 141 Å². The summed E-state index contributed by atoms with van der Waals surface area (Å²) in [6.07, 6.45) is 1.25. The van der Waals surface area contributed by atoms with Crippen LogP contribution in [0, 0.1) is 5.92 Å². The fourth-order valence-corrected chi connectivity index (χ4v) is 3.59. The van der Waals surface area contributed by atoms with Crippen LogP contribution in [-0.2, 0) is 10.0 Å². The number of methoxy groups -OCH3 is 1. The maximum atomic E-state index is 12.5. The molecule has 1 aromatic heterocycles. The lowest BCUT2D eigenvalue weighted by atomic mass is 9.97. The van der Waals surface area contributed by atoms with Gasteiger partial charge in [0.05, 0.1) is 7.11 Å². The van der Waals surface area contributed by atoms with Crippen molar-refractivity contribution < 1.29 is 13.2 Å². The number of aromatic nitrogens is 1. The van der Waals surface area contributed by atoms with Crippen LogP contribution in [0.25, 0.3) is 0 Å². The standard InChI is InChI=1S/C16H19ClN2O3S/c1-11(2)16(12-4-6-13(22-3)7-5-12)19-23(20,21)14-8-9-15(17)18-10-14/h4-11,16,19H,1-3H3. The summed E-state index contributed by atoms with van der Waals surface area (Å²) >= 11 is 5.70. The molecule has 0 saturated carbocycles. The molecule has 0 fully saturated rings. The van der Waals surface area contributed by atoms with Gasteiger partial charge >= 0.3 is 0 Å². The summed E-state index contributed by atoms with van der Waals surface area (Å²) in [6, 6.07) is 9.85. The van der Waals surface area contributed by atoms with Crippen LogP contribution in [-0.4, -0.2) is 20.5 Å². The van der Waals surface area contributed by atoms with E-state index in [4.69, 9.17) is 16.3 Å². The summed E-state index contributed by atoms with van der Waals surface area (Å²) in [5.41, 5.74) is 0.867. The van der Waals surface area contributed by atoms with Crippen molar-refractivity contribution in [3.8, 4) is 5.75 Å². The van der Waals surface area contributed by atoms with Crippen molar-refractivity contribution in [1.29, 1.82) is 0 Å². The summed E-state index contributed by atoms with van der Waals surface area (Å²) in [4.78, 5) is 3.91. The maximum absolute atomic E-state index is 12.5. The Bertz CT molecular complexity index is 744. The molecule has 2 rings (SSSR count). The molecule has 1 N–H and O–H groups in total. The molecule has 23 heavy (non-hydrogen) atoms. The first-order valence-corrected chi connectivity index (χ1v) is 8.97. The van der Waals surface area contributed by atoms with Crippen LogP contribution in [0.4, 0.5) is 0 Å². The first-order chi connectivity index (χ1) is 10.8. The lowest BCUT2D eigenvalue weighted by Gasteiger charge is -2.23. The summed E-state index contributed by atoms with van der Waals surface area (Å²) in [5, 5.41) is 0.250. The molecule has 124 valence electrons. The summed E-state index contributed by atoms with van der Waals surface area (Å²) in [6.45, 7) is 3.91. The number of rotatable bonds is 6. The van der Waals surface area contributed by atoms with Crippen LogP contribution < -0.4 is 9.46 Å². The van der Waals surface area contributed by atoms with E-state index in [1.54, 1.807) is 7.11 Å². The quantitative estimate of drug-likeness (QED) is 0.807. The molecule has 0 aliphatic carbocycles. The Morgan fingerprint density at radius 3 is 2.26 bits per heavy atom. The lowest BCUT2D eigenvalue weighted by Crippen LogP contribution is -2.31. The van der Waals surface area contributed by atoms with Gasteiger partial charge in [0.2, 0.25) is 10.0 Å². The Kier molecular flexibility index (Phi) is 5.62. The Morgan fingerprint density at radius 1 is 1.13 bits per heavy atom. The number of benzene rings is 1. The highest BCUT2D eigenvalue weighted by Gasteiger charge is 2.24. The minimum atomic E-state index is -3.69. The minimum Gasteiger partial charge on any atom is -0.497 e.